The Morgan fingerprint density at radius 2 is 2.06 bits per heavy atom. The number of carbonyl (C=O) groups is 1. The van der Waals surface area contributed by atoms with E-state index >= 15 is 0 Å². The van der Waals surface area contributed by atoms with Gasteiger partial charge in [-0.3, -0.25) is 4.79 Å². The second kappa shape index (κ2) is 5.89. The predicted molar refractivity (Wildman–Crippen MR) is 74.4 cm³/mol. The molecular weight excluding hydrogens is 224 g/mol. The third kappa shape index (κ3) is 3.25. The summed E-state index contributed by atoms with van der Waals surface area (Å²) in [6.07, 6.45) is 5.44. The van der Waals surface area contributed by atoms with E-state index in [0.29, 0.717) is 18.4 Å². The zero-order valence-electron chi connectivity index (χ0n) is 11.0. The fourth-order valence-electron chi connectivity index (χ4n) is 2.73. The van der Waals surface area contributed by atoms with Crippen LogP contribution in [0.15, 0.2) is 24.3 Å². The monoisotopic (exact) mass is 246 g/mol. The molecule has 0 spiro atoms. The molecule has 2 rings (SSSR count). The van der Waals surface area contributed by atoms with Gasteiger partial charge in [-0.25, -0.2) is 0 Å². The number of benzene rings is 1. The first-order valence-corrected chi connectivity index (χ1v) is 6.79. The maximum atomic E-state index is 11.1. The zero-order chi connectivity index (χ0) is 13.0. The minimum absolute atomic E-state index is 0.277. The van der Waals surface area contributed by atoms with Crippen LogP contribution in [-0.4, -0.2) is 11.9 Å². The second-order valence-corrected chi connectivity index (χ2v) is 5.31. The van der Waals surface area contributed by atoms with Crippen LogP contribution in [0, 0.1) is 5.92 Å². The van der Waals surface area contributed by atoms with Crippen LogP contribution in [0.2, 0.25) is 0 Å². The van der Waals surface area contributed by atoms with E-state index in [-0.39, 0.29) is 5.91 Å². The topological polar surface area (TPSA) is 55.1 Å². The Labute approximate surface area is 109 Å². The molecule has 18 heavy (non-hydrogen) atoms. The van der Waals surface area contributed by atoms with Crippen LogP contribution in [0.25, 0.3) is 0 Å². The van der Waals surface area contributed by atoms with Crippen molar-refractivity contribution in [3.05, 3.63) is 29.8 Å². The molecule has 3 nitrogen and oxygen atoms in total. The van der Waals surface area contributed by atoms with E-state index in [1.165, 1.54) is 25.7 Å². The minimum Gasteiger partial charge on any atom is -0.382 e. The van der Waals surface area contributed by atoms with Crippen molar-refractivity contribution in [2.75, 3.05) is 5.32 Å². The van der Waals surface area contributed by atoms with Crippen molar-refractivity contribution in [1.82, 2.24) is 0 Å². The molecule has 0 aromatic heterocycles. The predicted octanol–water partition coefficient (Wildman–Crippen LogP) is 2.71. The lowest BCUT2D eigenvalue weighted by atomic mass is 9.85. The Balaban J connectivity index is 2.10. The fourth-order valence-corrected chi connectivity index (χ4v) is 2.73. The molecule has 1 aliphatic rings. The van der Waals surface area contributed by atoms with Crippen molar-refractivity contribution in [3.8, 4) is 0 Å². The highest BCUT2D eigenvalue weighted by molar-refractivity contribution is 5.78. The second-order valence-electron chi connectivity index (χ2n) is 5.31. The Bertz CT molecular complexity index is 417. The van der Waals surface area contributed by atoms with Gasteiger partial charge in [-0.15, -0.1) is 0 Å². The van der Waals surface area contributed by atoms with Crippen LogP contribution in [0.5, 0.6) is 0 Å². The number of hydrogen-bond donors (Lipinski definition) is 2. The quantitative estimate of drug-likeness (QED) is 0.858. The van der Waals surface area contributed by atoms with Gasteiger partial charge in [0.15, 0.2) is 0 Å². The number of nitrogens with one attached hydrogen (secondary N) is 1. The summed E-state index contributed by atoms with van der Waals surface area (Å²) >= 11 is 0. The largest absolute Gasteiger partial charge is 0.382 e. The van der Waals surface area contributed by atoms with E-state index in [4.69, 9.17) is 5.73 Å². The number of carbonyl (C=O) groups excluding carboxylic acids is 1. The van der Waals surface area contributed by atoms with E-state index in [1.54, 1.807) is 0 Å². The molecule has 2 atom stereocenters. The van der Waals surface area contributed by atoms with Gasteiger partial charge in [0.2, 0.25) is 5.91 Å². The number of rotatable bonds is 4. The summed E-state index contributed by atoms with van der Waals surface area (Å²) in [6.45, 7) is 2.30. The van der Waals surface area contributed by atoms with Gasteiger partial charge < -0.3 is 11.1 Å². The first-order valence-electron chi connectivity index (χ1n) is 6.79. The highest BCUT2D eigenvalue weighted by atomic mass is 16.1. The van der Waals surface area contributed by atoms with E-state index in [2.05, 4.69) is 12.2 Å². The standard InChI is InChI=1S/C15H22N2O/c1-11-6-2-4-8-13(11)17-14-9-5-3-7-12(14)10-15(16)18/h3,5,7,9,11,13,17H,2,4,6,8,10H2,1H3,(H2,16,18). The van der Waals surface area contributed by atoms with E-state index in [9.17, 15) is 4.79 Å². The molecule has 0 heterocycles. The molecule has 2 unspecified atom stereocenters. The molecule has 1 aromatic rings. The fraction of sp³-hybridized carbons (Fsp3) is 0.533. The van der Waals surface area contributed by atoms with Crippen LogP contribution in [0.1, 0.15) is 38.2 Å². The molecule has 1 amide bonds. The van der Waals surface area contributed by atoms with Crippen molar-refractivity contribution in [3.63, 3.8) is 0 Å². The highest BCUT2D eigenvalue weighted by Gasteiger charge is 2.21. The van der Waals surface area contributed by atoms with Crippen molar-refractivity contribution < 1.29 is 4.79 Å². The molecule has 1 aliphatic carbocycles. The summed E-state index contributed by atoms with van der Waals surface area (Å²) in [4.78, 5) is 11.1. The number of amides is 1. The Kier molecular flexibility index (Phi) is 4.24. The molecule has 0 bridgehead atoms. The van der Waals surface area contributed by atoms with E-state index in [0.717, 1.165) is 11.3 Å². The average Bonchev–Trinajstić information content (AvgIpc) is 2.34. The third-order valence-electron chi connectivity index (χ3n) is 3.83. The lowest BCUT2D eigenvalue weighted by Crippen LogP contribution is -2.31. The van der Waals surface area contributed by atoms with Gasteiger partial charge in [0.25, 0.3) is 0 Å². The Morgan fingerprint density at radius 1 is 1.33 bits per heavy atom. The van der Waals surface area contributed by atoms with Gasteiger partial charge in [0.05, 0.1) is 6.42 Å². The lowest BCUT2D eigenvalue weighted by molar-refractivity contribution is -0.117. The van der Waals surface area contributed by atoms with E-state index in [1.807, 2.05) is 24.3 Å². The Morgan fingerprint density at radius 3 is 2.78 bits per heavy atom. The Hall–Kier alpha value is -1.51. The molecule has 1 fully saturated rings. The zero-order valence-corrected chi connectivity index (χ0v) is 11.0. The first kappa shape index (κ1) is 12.9. The number of para-hydroxylation sites is 1. The van der Waals surface area contributed by atoms with Crippen molar-refractivity contribution in [2.24, 2.45) is 11.7 Å². The van der Waals surface area contributed by atoms with E-state index < -0.39 is 0 Å². The molecule has 3 N–H and O–H groups in total. The number of hydrogen-bond acceptors (Lipinski definition) is 2. The molecule has 3 heteroatoms. The normalized spacial score (nSPS) is 23.6. The maximum absolute atomic E-state index is 11.1. The van der Waals surface area contributed by atoms with Gasteiger partial charge in [0.1, 0.15) is 0 Å². The smallest absolute Gasteiger partial charge is 0.221 e. The maximum Gasteiger partial charge on any atom is 0.221 e. The van der Waals surface area contributed by atoms with Crippen LogP contribution in [0.4, 0.5) is 5.69 Å². The summed E-state index contributed by atoms with van der Waals surface area (Å²) in [5.41, 5.74) is 7.35. The summed E-state index contributed by atoms with van der Waals surface area (Å²) in [6, 6.07) is 8.49. The molecule has 0 radical (unpaired) electrons. The summed E-state index contributed by atoms with van der Waals surface area (Å²) in [5.74, 6) is 0.418. The van der Waals surface area contributed by atoms with Crippen LogP contribution >= 0.6 is 0 Å². The SMILES string of the molecule is CC1CCCCC1Nc1ccccc1CC(N)=O. The average molecular weight is 246 g/mol. The number of nitrogens with two attached hydrogens (primary N) is 1. The van der Waals surface area contributed by atoms with Crippen molar-refractivity contribution in [2.45, 2.75) is 45.1 Å². The minimum atomic E-state index is -0.277. The summed E-state index contributed by atoms with van der Waals surface area (Å²) in [7, 11) is 0. The molecular formula is C15H22N2O. The van der Waals surface area contributed by atoms with Crippen LogP contribution in [0.3, 0.4) is 0 Å². The number of primary amides is 1. The first-order chi connectivity index (χ1) is 8.66. The molecule has 0 aliphatic heterocycles. The van der Waals surface area contributed by atoms with Gasteiger partial charge >= 0.3 is 0 Å². The van der Waals surface area contributed by atoms with Crippen molar-refractivity contribution in [1.29, 1.82) is 0 Å². The third-order valence-corrected chi connectivity index (χ3v) is 3.83. The summed E-state index contributed by atoms with van der Waals surface area (Å²) in [5, 5.41) is 3.60. The molecule has 0 saturated heterocycles. The van der Waals surface area contributed by atoms with Gasteiger partial charge in [0, 0.05) is 11.7 Å². The summed E-state index contributed by atoms with van der Waals surface area (Å²) < 4.78 is 0. The van der Waals surface area contributed by atoms with Gasteiger partial charge in [-0.1, -0.05) is 38.0 Å². The van der Waals surface area contributed by atoms with Crippen molar-refractivity contribution >= 4 is 11.6 Å². The van der Waals surface area contributed by atoms with Crippen LogP contribution in [-0.2, 0) is 11.2 Å². The molecule has 1 saturated carbocycles. The van der Waals surface area contributed by atoms with Gasteiger partial charge in [-0.2, -0.15) is 0 Å². The lowest BCUT2D eigenvalue weighted by Gasteiger charge is -2.31. The van der Waals surface area contributed by atoms with Crippen LogP contribution < -0.4 is 11.1 Å². The molecule has 98 valence electrons. The number of anilines is 1. The molecule has 1 aromatic carbocycles. The van der Waals surface area contributed by atoms with Gasteiger partial charge in [-0.05, 0) is 30.4 Å². The highest BCUT2D eigenvalue weighted by Crippen LogP contribution is 2.28.